The number of aryl methyl sites for hydroxylation is 1. The summed E-state index contributed by atoms with van der Waals surface area (Å²) in [5.74, 6) is 0.0897. The van der Waals surface area contributed by atoms with Gasteiger partial charge < -0.3 is 16.0 Å². The van der Waals surface area contributed by atoms with Gasteiger partial charge in [-0.25, -0.2) is 9.98 Å². The Morgan fingerprint density at radius 1 is 1.35 bits per heavy atom. The van der Waals surface area contributed by atoms with Gasteiger partial charge in [-0.05, 0) is 6.07 Å². The van der Waals surface area contributed by atoms with Crippen molar-refractivity contribution in [3.8, 4) is 11.3 Å². The van der Waals surface area contributed by atoms with Gasteiger partial charge >= 0.3 is 0 Å². The van der Waals surface area contributed by atoms with E-state index in [1.165, 1.54) is 10.9 Å². The van der Waals surface area contributed by atoms with E-state index in [1.807, 2.05) is 24.6 Å². The lowest BCUT2D eigenvalue weighted by molar-refractivity contribution is 0.969. The number of guanidine groups is 1. The molecule has 1 aromatic carbocycles. The number of aromatic nitrogens is 2. The zero-order valence-corrected chi connectivity index (χ0v) is 11.9. The van der Waals surface area contributed by atoms with Crippen LogP contribution in [-0.2, 0) is 13.6 Å². The minimum absolute atomic E-state index is 0.0897. The maximum absolute atomic E-state index is 5.34. The van der Waals surface area contributed by atoms with Gasteiger partial charge in [-0.3, -0.25) is 0 Å². The summed E-state index contributed by atoms with van der Waals surface area (Å²) in [5, 5.41) is 4.15. The molecule has 0 bridgehead atoms. The highest BCUT2D eigenvalue weighted by Gasteiger charge is 2.11. The van der Waals surface area contributed by atoms with Crippen molar-refractivity contribution >= 4 is 28.2 Å². The van der Waals surface area contributed by atoms with E-state index in [9.17, 15) is 0 Å². The van der Waals surface area contributed by atoms with Gasteiger partial charge in [-0.2, -0.15) is 0 Å². The molecule has 0 saturated carbocycles. The van der Waals surface area contributed by atoms with E-state index in [1.54, 1.807) is 11.3 Å². The van der Waals surface area contributed by atoms with Crippen LogP contribution in [0, 0.1) is 0 Å². The predicted molar refractivity (Wildman–Crippen MR) is 83.5 cm³/mol. The van der Waals surface area contributed by atoms with Crippen LogP contribution in [0.1, 0.15) is 5.01 Å². The van der Waals surface area contributed by atoms with E-state index in [2.05, 4.69) is 32.9 Å². The average molecular weight is 285 g/mol. The molecule has 6 heteroatoms. The standard InChI is InChI=1S/C14H15N5S/c1-19-7-10(9-4-2-3-5-12(9)19)11-8-20-13(18-11)6-17-14(15)16/h2-5,7-8H,6H2,1H3,(H4,15,16,17). The molecule has 0 spiro atoms. The summed E-state index contributed by atoms with van der Waals surface area (Å²) in [6.45, 7) is 0.428. The van der Waals surface area contributed by atoms with Gasteiger partial charge in [0.15, 0.2) is 5.96 Å². The van der Waals surface area contributed by atoms with Gasteiger partial charge in [0.25, 0.3) is 0 Å². The number of aliphatic imine (C=N–C) groups is 1. The smallest absolute Gasteiger partial charge is 0.186 e. The molecule has 0 saturated heterocycles. The molecule has 0 radical (unpaired) electrons. The van der Waals surface area contributed by atoms with Gasteiger partial charge in [0.05, 0.1) is 12.2 Å². The molecule has 0 aliphatic rings. The van der Waals surface area contributed by atoms with E-state index in [4.69, 9.17) is 11.5 Å². The van der Waals surface area contributed by atoms with E-state index in [0.29, 0.717) is 6.54 Å². The third-order valence-electron chi connectivity index (χ3n) is 3.12. The van der Waals surface area contributed by atoms with Gasteiger partial charge in [-0.1, -0.05) is 18.2 Å². The highest BCUT2D eigenvalue weighted by molar-refractivity contribution is 7.09. The van der Waals surface area contributed by atoms with Gasteiger partial charge in [0.2, 0.25) is 0 Å². The molecule has 0 aliphatic heterocycles. The predicted octanol–water partition coefficient (Wildman–Crippen LogP) is 2.08. The zero-order chi connectivity index (χ0) is 14.1. The monoisotopic (exact) mass is 285 g/mol. The first kappa shape index (κ1) is 12.7. The van der Waals surface area contributed by atoms with Gasteiger partial charge in [0, 0.05) is 35.1 Å². The van der Waals surface area contributed by atoms with Gasteiger partial charge in [-0.15, -0.1) is 11.3 Å². The Labute approximate surface area is 120 Å². The topological polar surface area (TPSA) is 82.2 Å². The van der Waals surface area contributed by atoms with Crippen LogP contribution in [0.2, 0.25) is 0 Å². The number of fused-ring (bicyclic) bond motifs is 1. The number of thiazole rings is 1. The highest BCUT2D eigenvalue weighted by Crippen LogP contribution is 2.30. The molecule has 4 N–H and O–H groups in total. The van der Waals surface area contributed by atoms with Crippen LogP contribution >= 0.6 is 11.3 Å². The van der Waals surface area contributed by atoms with Crippen molar-refractivity contribution in [1.82, 2.24) is 9.55 Å². The molecular formula is C14H15N5S. The first-order valence-corrected chi connectivity index (χ1v) is 7.07. The van der Waals surface area contributed by atoms with E-state index in [0.717, 1.165) is 16.3 Å². The summed E-state index contributed by atoms with van der Waals surface area (Å²) < 4.78 is 2.11. The maximum Gasteiger partial charge on any atom is 0.186 e. The number of nitrogens with two attached hydrogens (primary N) is 2. The van der Waals surface area contributed by atoms with Crippen LogP contribution in [0.25, 0.3) is 22.2 Å². The fraction of sp³-hybridized carbons (Fsp3) is 0.143. The number of para-hydroxylation sites is 1. The molecule has 2 aromatic heterocycles. The molecule has 3 rings (SSSR count). The normalized spacial score (nSPS) is 10.8. The average Bonchev–Trinajstić information content (AvgIpc) is 3.02. The molecule has 0 atom stereocenters. The molecule has 2 heterocycles. The summed E-state index contributed by atoms with van der Waals surface area (Å²) in [6.07, 6.45) is 2.10. The van der Waals surface area contributed by atoms with Crippen molar-refractivity contribution in [2.75, 3.05) is 0 Å². The number of rotatable bonds is 3. The van der Waals surface area contributed by atoms with E-state index in [-0.39, 0.29) is 5.96 Å². The summed E-state index contributed by atoms with van der Waals surface area (Å²) in [5.41, 5.74) is 14.0. The lowest BCUT2D eigenvalue weighted by Crippen LogP contribution is -2.22. The van der Waals surface area contributed by atoms with Crippen molar-refractivity contribution in [2.24, 2.45) is 23.5 Å². The fourth-order valence-corrected chi connectivity index (χ4v) is 2.93. The van der Waals surface area contributed by atoms with Crippen LogP contribution in [0.5, 0.6) is 0 Å². The van der Waals surface area contributed by atoms with Crippen molar-refractivity contribution in [1.29, 1.82) is 0 Å². The maximum atomic E-state index is 5.34. The molecule has 0 aliphatic carbocycles. The van der Waals surface area contributed by atoms with Crippen molar-refractivity contribution in [2.45, 2.75) is 6.54 Å². The van der Waals surface area contributed by atoms with Crippen LogP contribution in [0.15, 0.2) is 40.8 Å². The van der Waals surface area contributed by atoms with Crippen molar-refractivity contribution in [3.63, 3.8) is 0 Å². The Morgan fingerprint density at radius 2 is 2.15 bits per heavy atom. The molecule has 5 nitrogen and oxygen atoms in total. The third kappa shape index (κ3) is 2.25. The second kappa shape index (κ2) is 4.97. The quantitative estimate of drug-likeness (QED) is 0.571. The van der Waals surface area contributed by atoms with Crippen LogP contribution in [0.4, 0.5) is 0 Å². The SMILES string of the molecule is Cn1cc(-c2csc(CN=C(N)N)n2)c2ccccc21. The van der Waals surface area contributed by atoms with Gasteiger partial charge in [0.1, 0.15) is 5.01 Å². The van der Waals surface area contributed by atoms with Crippen LogP contribution in [0.3, 0.4) is 0 Å². The minimum Gasteiger partial charge on any atom is -0.370 e. The van der Waals surface area contributed by atoms with E-state index >= 15 is 0 Å². The van der Waals surface area contributed by atoms with Crippen molar-refractivity contribution in [3.05, 3.63) is 40.8 Å². The summed E-state index contributed by atoms with van der Waals surface area (Å²) in [4.78, 5) is 8.59. The Bertz CT molecular complexity index is 780. The lowest BCUT2D eigenvalue weighted by atomic mass is 10.1. The molecule has 0 unspecified atom stereocenters. The van der Waals surface area contributed by atoms with Crippen molar-refractivity contribution < 1.29 is 0 Å². The first-order chi connectivity index (χ1) is 9.65. The second-order valence-corrected chi connectivity index (χ2v) is 5.48. The largest absolute Gasteiger partial charge is 0.370 e. The minimum atomic E-state index is 0.0897. The van der Waals surface area contributed by atoms with E-state index < -0.39 is 0 Å². The highest BCUT2D eigenvalue weighted by atomic mass is 32.1. The molecule has 102 valence electrons. The number of hydrogen-bond donors (Lipinski definition) is 2. The Hall–Kier alpha value is -2.34. The lowest BCUT2D eigenvalue weighted by Gasteiger charge is -1.94. The summed E-state index contributed by atoms with van der Waals surface area (Å²) >= 11 is 1.57. The van der Waals surface area contributed by atoms with Crippen LogP contribution < -0.4 is 11.5 Å². The molecular weight excluding hydrogens is 270 g/mol. The number of hydrogen-bond acceptors (Lipinski definition) is 3. The second-order valence-electron chi connectivity index (χ2n) is 4.54. The zero-order valence-electron chi connectivity index (χ0n) is 11.1. The summed E-state index contributed by atoms with van der Waals surface area (Å²) in [6, 6.07) is 8.29. The molecule has 0 amide bonds. The Morgan fingerprint density at radius 3 is 2.95 bits per heavy atom. The first-order valence-electron chi connectivity index (χ1n) is 6.19. The fourth-order valence-electron chi connectivity index (χ4n) is 2.21. The number of benzene rings is 1. The Kier molecular flexibility index (Phi) is 3.15. The van der Waals surface area contributed by atoms with Crippen LogP contribution in [-0.4, -0.2) is 15.5 Å². The molecule has 0 fully saturated rings. The molecule has 3 aromatic rings. The molecule has 20 heavy (non-hydrogen) atoms. The summed E-state index contributed by atoms with van der Waals surface area (Å²) in [7, 11) is 2.04. The third-order valence-corrected chi connectivity index (χ3v) is 3.96. The Balaban J connectivity index is 2.01. The number of nitrogens with zero attached hydrogens (tertiary/aromatic N) is 3.